The number of hydrogen-bond acceptors (Lipinski definition) is 3. The first-order valence-corrected chi connectivity index (χ1v) is 5.85. The van der Waals surface area contributed by atoms with Crippen LogP contribution in [0, 0.1) is 13.8 Å². The van der Waals surface area contributed by atoms with Crippen LogP contribution >= 0.6 is 0 Å². The van der Waals surface area contributed by atoms with Crippen molar-refractivity contribution in [3.8, 4) is 5.75 Å². The maximum atomic E-state index is 11.8. The van der Waals surface area contributed by atoms with E-state index in [0.717, 1.165) is 11.1 Å². The van der Waals surface area contributed by atoms with E-state index in [1.165, 1.54) is 0 Å². The highest BCUT2D eigenvalue weighted by Gasteiger charge is 2.07. The molecule has 0 heterocycles. The molecule has 1 aromatic rings. The van der Waals surface area contributed by atoms with Crippen molar-refractivity contribution in [2.24, 2.45) is 0 Å². The lowest BCUT2D eigenvalue weighted by Crippen LogP contribution is -2.34. The van der Waals surface area contributed by atoms with Gasteiger partial charge in [0.25, 0.3) is 6.43 Å². The average Bonchev–Trinajstić information content (AvgIpc) is 2.24. The third-order valence-electron chi connectivity index (χ3n) is 2.32. The number of halogens is 2. The van der Waals surface area contributed by atoms with Gasteiger partial charge in [-0.2, -0.15) is 0 Å². The quantitative estimate of drug-likeness (QED) is 0.786. The summed E-state index contributed by atoms with van der Waals surface area (Å²) in [6.45, 7) is 3.68. The molecule has 0 amide bonds. The predicted octanol–water partition coefficient (Wildman–Crippen LogP) is 1.90. The Hall–Kier alpha value is -1.20. The van der Waals surface area contributed by atoms with Gasteiger partial charge in [-0.25, -0.2) is 8.78 Å². The van der Waals surface area contributed by atoms with Crippen LogP contribution in [-0.2, 0) is 0 Å². The number of alkyl halides is 2. The zero-order valence-electron chi connectivity index (χ0n) is 10.6. The van der Waals surface area contributed by atoms with Crippen molar-refractivity contribution in [3.05, 3.63) is 29.3 Å². The lowest BCUT2D eigenvalue weighted by molar-refractivity contribution is 0.0951. The van der Waals surface area contributed by atoms with Gasteiger partial charge in [0.1, 0.15) is 18.5 Å². The second-order valence-corrected chi connectivity index (χ2v) is 4.34. The van der Waals surface area contributed by atoms with Gasteiger partial charge in [0, 0.05) is 6.54 Å². The Morgan fingerprint density at radius 3 is 2.33 bits per heavy atom. The van der Waals surface area contributed by atoms with E-state index in [-0.39, 0.29) is 13.2 Å². The van der Waals surface area contributed by atoms with E-state index in [1.54, 1.807) is 0 Å². The fourth-order valence-electron chi connectivity index (χ4n) is 1.63. The highest BCUT2D eigenvalue weighted by atomic mass is 19.3. The molecule has 0 radical (unpaired) electrons. The van der Waals surface area contributed by atoms with Gasteiger partial charge in [-0.3, -0.25) is 0 Å². The van der Waals surface area contributed by atoms with E-state index in [9.17, 15) is 13.9 Å². The standard InChI is InChI=1S/C13H19F2NO2/c1-9-3-10(2)5-12(4-9)18-8-11(17)6-16-7-13(14)15/h3-5,11,13,16-17H,6-8H2,1-2H3. The van der Waals surface area contributed by atoms with Crippen molar-refractivity contribution in [1.29, 1.82) is 0 Å². The average molecular weight is 259 g/mol. The summed E-state index contributed by atoms with van der Waals surface area (Å²) >= 11 is 0. The van der Waals surface area contributed by atoms with Crippen LogP contribution in [0.1, 0.15) is 11.1 Å². The molecular weight excluding hydrogens is 240 g/mol. The van der Waals surface area contributed by atoms with Crippen LogP contribution in [0.2, 0.25) is 0 Å². The fourth-order valence-corrected chi connectivity index (χ4v) is 1.63. The molecule has 3 nitrogen and oxygen atoms in total. The van der Waals surface area contributed by atoms with E-state index >= 15 is 0 Å². The van der Waals surface area contributed by atoms with Crippen molar-refractivity contribution < 1.29 is 18.6 Å². The zero-order chi connectivity index (χ0) is 13.5. The van der Waals surface area contributed by atoms with Crippen molar-refractivity contribution in [2.45, 2.75) is 26.4 Å². The number of aliphatic hydroxyl groups excluding tert-OH is 1. The number of hydrogen-bond donors (Lipinski definition) is 2. The Balaban J connectivity index is 2.31. The minimum atomic E-state index is -2.41. The number of nitrogens with one attached hydrogen (secondary N) is 1. The Labute approximate surface area is 106 Å². The molecule has 1 aromatic carbocycles. The molecular formula is C13H19F2NO2. The van der Waals surface area contributed by atoms with Crippen LogP contribution < -0.4 is 10.1 Å². The summed E-state index contributed by atoms with van der Waals surface area (Å²) in [5, 5.41) is 12.0. The number of aryl methyl sites for hydroxylation is 2. The Bertz CT molecular complexity index is 352. The minimum absolute atomic E-state index is 0.0825. The maximum absolute atomic E-state index is 11.8. The summed E-state index contributed by atoms with van der Waals surface area (Å²) in [5.41, 5.74) is 2.16. The molecule has 0 aromatic heterocycles. The van der Waals surface area contributed by atoms with Crippen molar-refractivity contribution in [2.75, 3.05) is 19.7 Å². The van der Waals surface area contributed by atoms with Crippen molar-refractivity contribution in [1.82, 2.24) is 5.32 Å². The molecule has 102 valence electrons. The van der Waals surface area contributed by atoms with Gasteiger partial charge < -0.3 is 15.2 Å². The van der Waals surface area contributed by atoms with E-state index in [2.05, 4.69) is 5.32 Å². The predicted molar refractivity (Wildman–Crippen MR) is 66.3 cm³/mol. The molecule has 0 aliphatic heterocycles. The van der Waals surface area contributed by atoms with E-state index < -0.39 is 19.1 Å². The van der Waals surface area contributed by atoms with Gasteiger partial charge in [-0.15, -0.1) is 0 Å². The molecule has 2 N–H and O–H groups in total. The van der Waals surface area contributed by atoms with Crippen molar-refractivity contribution in [3.63, 3.8) is 0 Å². The van der Waals surface area contributed by atoms with Crippen molar-refractivity contribution >= 4 is 0 Å². The molecule has 0 spiro atoms. The summed E-state index contributed by atoms with van der Waals surface area (Å²) in [5.74, 6) is 0.681. The highest BCUT2D eigenvalue weighted by molar-refractivity contribution is 5.32. The van der Waals surface area contributed by atoms with Gasteiger partial charge in [-0.1, -0.05) is 6.07 Å². The first-order chi connectivity index (χ1) is 8.47. The van der Waals surface area contributed by atoms with Gasteiger partial charge in [0.05, 0.1) is 6.54 Å². The largest absolute Gasteiger partial charge is 0.491 e. The Kier molecular flexibility index (Phi) is 6.01. The summed E-state index contributed by atoms with van der Waals surface area (Å²) in [4.78, 5) is 0. The normalized spacial score (nSPS) is 12.8. The number of benzene rings is 1. The van der Waals surface area contributed by atoms with Gasteiger partial charge >= 0.3 is 0 Å². The molecule has 1 rings (SSSR count). The van der Waals surface area contributed by atoms with E-state index in [1.807, 2.05) is 32.0 Å². The topological polar surface area (TPSA) is 41.5 Å². The zero-order valence-corrected chi connectivity index (χ0v) is 10.6. The molecule has 18 heavy (non-hydrogen) atoms. The molecule has 0 fully saturated rings. The monoisotopic (exact) mass is 259 g/mol. The summed E-state index contributed by atoms with van der Waals surface area (Å²) in [6, 6.07) is 5.76. The van der Waals surface area contributed by atoms with E-state index in [0.29, 0.717) is 5.75 Å². The van der Waals surface area contributed by atoms with Crippen LogP contribution in [0.3, 0.4) is 0 Å². The summed E-state index contributed by atoms with van der Waals surface area (Å²) in [6.07, 6.45) is -3.21. The molecule has 0 saturated heterocycles. The van der Waals surface area contributed by atoms with Crippen LogP contribution in [0.4, 0.5) is 8.78 Å². The SMILES string of the molecule is Cc1cc(C)cc(OCC(O)CNCC(F)F)c1. The first-order valence-electron chi connectivity index (χ1n) is 5.85. The van der Waals surface area contributed by atoms with Gasteiger partial charge in [0.15, 0.2) is 0 Å². The summed E-state index contributed by atoms with van der Waals surface area (Å²) < 4.78 is 29.1. The second kappa shape index (κ2) is 7.28. The summed E-state index contributed by atoms with van der Waals surface area (Å²) in [7, 11) is 0. The van der Waals surface area contributed by atoms with Gasteiger partial charge in [-0.05, 0) is 37.1 Å². The van der Waals surface area contributed by atoms with Gasteiger partial charge in [0.2, 0.25) is 0 Å². The third kappa shape index (κ3) is 5.93. The Morgan fingerprint density at radius 1 is 1.17 bits per heavy atom. The van der Waals surface area contributed by atoms with E-state index in [4.69, 9.17) is 4.74 Å². The molecule has 0 aliphatic rings. The van der Waals surface area contributed by atoms with Crippen LogP contribution in [-0.4, -0.2) is 37.3 Å². The lowest BCUT2D eigenvalue weighted by atomic mass is 10.1. The highest BCUT2D eigenvalue weighted by Crippen LogP contribution is 2.16. The Morgan fingerprint density at radius 2 is 1.78 bits per heavy atom. The maximum Gasteiger partial charge on any atom is 0.250 e. The third-order valence-corrected chi connectivity index (χ3v) is 2.32. The number of aliphatic hydroxyl groups is 1. The minimum Gasteiger partial charge on any atom is -0.491 e. The molecule has 1 unspecified atom stereocenters. The van der Waals surface area contributed by atoms with Crippen LogP contribution in [0.5, 0.6) is 5.75 Å². The molecule has 0 bridgehead atoms. The molecule has 0 aliphatic carbocycles. The molecule has 5 heteroatoms. The van der Waals surface area contributed by atoms with Crippen LogP contribution in [0.25, 0.3) is 0 Å². The lowest BCUT2D eigenvalue weighted by Gasteiger charge is -2.14. The first kappa shape index (κ1) is 14.9. The fraction of sp³-hybridized carbons (Fsp3) is 0.538. The van der Waals surface area contributed by atoms with Crippen LogP contribution in [0.15, 0.2) is 18.2 Å². The second-order valence-electron chi connectivity index (χ2n) is 4.34. The smallest absolute Gasteiger partial charge is 0.250 e. The molecule has 0 saturated carbocycles. The number of ether oxygens (including phenoxy) is 1. The number of rotatable bonds is 7. The molecule has 1 atom stereocenters.